The van der Waals surface area contributed by atoms with Gasteiger partial charge in [0.2, 0.25) is 0 Å². The van der Waals surface area contributed by atoms with Crippen molar-refractivity contribution in [2.75, 3.05) is 6.61 Å². The van der Waals surface area contributed by atoms with E-state index in [2.05, 4.69) is 6.92 Å². The summed E-state index contributed by atoms with van der Waals surface area (Å²) in [5.41, 5.74) is 0.117. The van der Waals surface area contributed by atoms with Crippen LogP contribution in [0, 0.1) is 17.3 Å². The standard InChI is InChI=1S/C11H20O2/c1-11-6-2-3-8(7-12)9(11)4-5-10(11)13/h8-10,12-13H,2-7H2,1H3. The van der Waals surface area contributed by atoms with Gasteiger partial charge in [-0.1, -0.05) is 13.3 Å². The second-order valence-electron chi connectivity index (χ2n) is 5.04. The summed E-state index contributed by atoms with van der Waals surface area (Å²) in [4.78, 5) is 0. The normalized spacial score (nSPS) is 50.5. The second-order valence-corrected chi connectivity index (χ2v) is 5.04. The lowest BCUT2D eigenvalue weighted by Crippen LogP contribution is -2.40. The molecular formula is C11H20O2. The van der Waals surface area contributed by atoms with E-state index in [4.69, 9.17) is 0 Å². The van der Waals surface area contributed by atoms with Crippen LogP contribution in [0.15, 0.2) is 0 Å². The number of fused-ring (bicyclic) bond motifs is 1. The minimum Gasteiger partial charge on any atom is -0.396 e. The van der Waals surface area contributed by atoms with E-state index in [1.54, 1.807) is 0 Å². The maximum Gasteiger partial charge on any atom is 0.0596 e. The van der Waals surface area contributed by atoms with Crippen LogP contribution in [-0.2, 0) is 0 Å². The Balaban J connectivity index is 2.18. The maximum atomic E-state index is 9.92. The van der Waals surface area contributed by atoms with Crippen molar-refractivity contribution in [2.45, 2.75) is 45.1 Å². The van der Waals surface area contributed by atoms with Gasteiger partial charge in [-0.3, -0.25) is 0 Å². The SMILES string of the molecule is CC12CCCC(CO)C1CCC2O. The monoisotopic (exact) mass is 184 g/mol. The van der Waals surface area contributed by atoms with Crippen molar-refractivity contribution in [3.63, 3.8) is 0 Å². The number of hydrogen-bond acceptors (Lipinski definition) is 2. The Labute approximate surface area is 80.0 Å². The van der Waals surface area contributed by atoms with Gasteiger partial charge in [0.05, 0.1) is 6.10 Å². The number of hydrogen-bond donors (Lipinski definition) is 2. The average Bonchev–Trinajstić information content (AvgIpc) is 2.43. The fourth-order valence-corrected chi connectivity index (χ4v) is 3.54. The molecule has 2 fully saturated rings. The highest BCUT2D eigenvalue weighted by atomic mass is 16.3. The van der Waals surface area contributed by atoms with Crippen LogP contribution in [0.4, 0.5) is 0 Å². The Bertz CT molecular complexity index is 193. The van der Waals surface area contributed by atoms with Crippen molar-refractivity contribution in [1.82, 2.24) is 0 Å². The predicted octanol–water partition coefficient (Wildman–Crippen LogP) is 1.56. The van der Waals surface area contributed by atoms with Gasteiger partial charge in [0.1, 0.15) is 0 Å². The van der Waals surface area contributed by atoms with Crippen LogP contribution >= 0.6 is 0 Å². The van der Waals surface area contributed by atoms with Gasteiger partial charge < -0.3 is 10.2 Å². The van der Waals surface area contributed by atoms with Crippen molar-refractivity contribution in [3.8, 4) is 0 Å². The van der Waals surface area contributed by atoms with Crippen LogP contribution in [-0.4, -0.2) is 22.9 Å². The zero-order valence-electron chi connectivity index (χ0n) is 8.37. The molecule has 4 unspecified atom stereocenters. The molecule has 2 nitrogen and oxygen atoms in total. The molecule has 0 amide bonds. The molecule has 4 atom stereocenters. The first-order chi connectivity index (χ1) is 6.18. The highest BCUT2D eigenvalue weighted by Gasteiger charge is 2.50. The van der Waals surface area contributed by atoms with Gasteiger partial charge in [-0.05, 0) is 42.9 Å². The number of aliphatic hydroxyl groups excluding tert-OH is 2. The number of aliphatic hydroxyl groups is 2. The lowest BCUT2D eigenvalue weighted by molar-refractivity contribution is -0.0230. The Morgan fingerprint density at radius 2 is 2.08 bits per heavy atom. The van der Waals surface area contributed by atoms with E-state index in [-0.39, 0.29) is 11.5 Å². The molecule has 0 radical (unpaired) electrons. The molecular weight excluding hydrogens is 164 g/mol. The van der Waals surface area contributed by atoms with E-state index in [1.165, 1.54) is 6.42 Å². The zero-order chi connectivity index (χ0) is 9.47. The Hall–Kier alpha value is -0.0800. The first-order valence-electron chi connectivity index (χ1n) is 5.47. The summed E-state index contributed by atoms with van der Waals surface area (Å²) >= 11 is 0. The van der Waals surface area contributed by atoms with Crippen LogP contribution < -0.4 is 0 Å². The van der Waals surface area contributed by atoms with Gasteiger partial charge in [-0.2, -0.15) is 0 Å². The fourth-order valence-electron chi connectivity index (χ4n) is 3.54. The first-order valence-corrected chi connectivity index (χ1v) is 5.47. The minimum atomic E-state index is -0.119. The van der Waals surface area contributed by atoms with E-state index < -0.39 is 0 Å². The Kier molecular flexibility index (Phi) is 2.37. The Morgan fingerprint density at radius 3 is 2.77 bits per heavy atom. The molecule has 0 bridgehead atoms. The Morgan fingerprint density at radius 1 is 1.31 bits per heavy atom. The molecule has 2 aliphatic rings. The molecule has 2 aliphatic carbocycles. The van der Waals surface area contributed by atoms with Gasteiger partial charge in [0, 0.05) is 6.61 Å². The summed E-state index contributed by atoms with van der Waals surface area (Å²) in [5.74, 6) is 1.03. The smallest absolute Gasteiger partial charge is 0.0596 e. The van der Waals surface area contributed by atoms with Gasteiger partial charge in [-0.15, -0.1) is 0 Å². The maximum absolute atomic E-state index is 9.92. The zero-order valence-corrected chi connectivity index (χ0v) is 8.37. The van der Waals surface area contributed by atoms with Crippen molar-refractivity contribution >= 4 is 0 Å². The molecule has 2 N–H and O–H groups in total. The second kappa shape index (κ2) is 3.25. The predicted molar refractivity (Wildman–Crippen MR) is 51.3 cm³/mol. The molecule has 0 spiro atoms. The van der Waals surface area contributed by atoms with E-state index in [9.17, 15) is 10.2 Å². The van der Waals surface area contributed by atoms with Crippen molar-refractivity contribution < 1.29 is 10.2 Å². The van der Waals surface area contributed by atoms with E-state index >= 15 is 0 Å². The lowest BCUT2D eigenvalue weighted by Gasteiger charge is -2.43. The van der Waals surface area contributed by atoms with Crippen LogP contribution in [0.25, 0.3) is 0 Å². The molecule has 0 saturated heterocycles. The minimum absolute atomic E-state index is 0.117. The van der Waals surface area contributed by atoms with Gasteiger partial charge in [-0.25, -0.2) is 0 Å². The molecule has 0 aromatic heterocycles. The molecule has 2 saturated carbocycles. The quantitative estimate of drug-likeness (QED) is 0.649. The summed E-state index contributed by atoms with van der Waals surface area (Å²) in [7, 11) is 0. The molecule has 0 aromatic carbocycles. The summed E-state index contributed by atoms with van der Waals surface area (Å²) in [6.07, 6.45) is 5.42. The third-order valence-electron chi connectivity index (χ3n) is 4.45. The van der Waals surface area contributed by atoms with Crippen molar-refractivity contribution in [1.29, 1.82) is 0 Å². The molecule has 0 aromatic rings. The van der Waals surface area contributed by atoms with Crippen LogP contribution in [0.5, 0.6) is 0 Å². The van der Waals surface area contributed by atoms with Gasteiger partial charge in [0.25, 0.3) is 0 Å². The third kappa shape index (κ3) is 1.31. The van der Waals surface area contributed by atoms with Crippen molar-refractivity contribution in [3.05, 3.63) is 0 Å². The molecule has 2 heteroatoms. The molecule has 0 heterocycles. The molecule has 2 rings (SSSR count). The topological polar surface area (TPSA) is 40.5 Å². The van der Waals surface area contributed by atoms with Crippen molar-refractivity contribution in [2.24, 2.45) is 17.3 Å². The largest absolute Gasteiger partial charge is 0.396 e. The fraction of sp³-hybridized carbons (Fsp3) is 1.00. The van der Waals surface area contributed by atoms with E-state index in [1.807, 2.05) is 0 Å². The van der Waals surface area contributed by atoms with Crippen LogP contribution in [0.3, 0.4) is 0 Å². The van der Waals surface area contributed by atoms with E-state index in [0.717, 1.165) is 25.7 Å². The van der Waals surface area contributed by atoms with Gasteiger partial charge >= 0.3 is 0 Å². The van der Waals surface area contributed by atoms with Gasteiger partial charge in [0.15, 0.2) is 0 Å². The molecule has 13 heavy (non-hydrogen) atoms. The summed E-state index contributed by atoms with van der Waals surface area (Å²) in [6, 6.07) is 0. The van der Waals surface area contributed by atoms with E-state index in [0.29, 0.717) is 18.4 Å². The summed E-state index contributed by atoms with van der Waals surface area (Å²) < 4.78 is 0. The van der Waals surface area contributed by atoms with Crippen LogP contribution in [0.2, 0.25) is 0 Å². The molecule has 0 aliphatic heterocycles. The summed E-state index contributed by atoms with van der Waals surface area (Å²) in [5, 5.41) is 19.2. The lowest BCUT2D eigenvalue weighted by atomic mass is 9.64. The number of rotatable bonds is 1. The average molecular weight is 184 g/mol. The van der Waals surface area contributed by atoms with Crippen LogP contribution in [0.1, 0.15) is 39.0 Å². The first kappa shape index (κ1) is 9.47. The third-order valence-corrected chi connectivity index (χ3v) is 4.45. The highest BCUT2D eigenvalue weighted by molar-refractivity contribution is 5.00. The molecule has 76 valence electrons. The summed E-state index contributed by atoms with van der Waals surface area (Å²) in [6.45, 7) is 2.52. The highest BCUT2D eigenvalue weighted by Crippen LogP contribution is 2.54.